The highest BCUT2D eigenvalue weighted by Gasteiger charge is 2.29. The Balaban J connectivity index is 2.10. The Morgan fingerprint density at radius 2 is 2.11 bits per heavy atom. The Bertz CT molecular complexity index is 593. The van der Waals surface area contributed by atoms with Gasteiger partial charge in [-0.1, -0.05) is 15.9 Å². The van der Waals surface area contributed by atoms with Gasteiger partial charge in [0.25, 0.3) is 0 Å². The van der Waals surface area contributed by atoms with Crippen LogP contribution in [0, 0.1) is 5.82 Å². The lowest BCUT2D eigenvalue weighted by Gasteiger charge is -2.08. The van der Waals surface area contributed by atoms with Gasteiger partial charge in [0, 0.05) is 11.6 Å². The molecule has 0 saturated heterocycles. The van der Waals surface area contributed by atoms with E-state index in [-0.39, 0.29) is 5.82 Å². The first-order chi connectivity index (χ1) is 8.70. The molecule has 2 aromatic rings. The predicted molar refractivity (Wildman–Crippen MR) is 74.0 cm³/mol. The van der Waals surface area contributed by atoms with Gasteiger partial charge in [-0.25, -0.2) is 4.39 Å². The number of benzene rings is 1. The second-order valence-electron chi connectivity index (χ2n) is 4.30. The van der Waals surface area contributed by atoms with E-state index in [1.54, 1.807) is 12.1 Å². The average molecular weight is 375 g/mol. The molecular weight excluding hydrogens is 365 g/mol. The lowest BCUT2D eigenvalue weighted by molar-refractivity contribution is 0.621. The molecule has 6 heteroatoms. The first-order valence-corrected chi connectivity index (χ1v) is 7.57. The predicted octanol–water partition coefficient (Wildman–Crippen LogP) is 4.08. The third-order valence-corrected chi connectivity index (χ3v) is 4.09. The summed E-state index contributed by atoms with van der Waals surface area (Å²) < 4.78 is 15.9. The van der Waals surface area contributed by atoms with Gasteiger partial charge in [0.1, 0.15) is 11.6 Å². The van der Waals surface area contributed by atoms with Crippen LogP contribution in [0.3, 0.4) is 0 Å². The van der Waals surface area contributed by atoms with E-state index in [4.69, 9.17) is 0 Å². The number of nitrogens with zero attached hydrogens (tertiary/aromatic N) is 3. The highest BCUT2D eigenvalue weighted by molar-refractivity contribution is 9.10. The van der Waals surface area contributed by atoms with Gasteiger partial charge in [-0.3, -0.25) is 0 Å². The summed E-state index contributed by atoms with van der Waals surface area (Å²) in [5.41, 5.74) is 0.884. The Morgan fingerprint density at radius 1 is 1.33 bits per heavy atom. The van der Waals surface area contributed by atoms with Crippen LogP contribution in [-0.4, -0.2) is 14.8 Å². The molecule has 0 atom stereocenters. The van der Waals surface area contributed by atoms with Crippen LogP contribution in [0.1, 0.15) is 24.7 Å². The molecule has 1 aliphatic rings. The quantitative estimate of drug-likeness (QED) is 0.758. The third-order valence-electron chi connectivity index (χ3n) is 2.98. The SMILES string of the molecule is Fc1ccc(-c2nnc(CBr)n2C2CC2)cc1Br. The minimum atomic E-state index is -0.267. The number of rotatable bonds is 3. The fourth-order valence-corrected chi connectivity index (χ4v) is 2.72. The van der Waals surface area contributed by atoms with Crippen LogP contribution in [-0.2, 0) is 5.33 Å². The summed E-state index contributed by atoms with van der Waals surface area (Å²) in [6.45, 7) is 0. The summed E-state index contributed by atoms with van der Waals surface area (Å²) in [5, 5.41) is 9.09. The molecule has 0 aliphatic heterocycles. The Morgan fingerprint density at radius 3 is 2.72 bits per heavy atom. The van der Waals surface area contributed by atoms with Gasteiger partial charge in [0.15, 0.2) is 5.82 Å². The molecule has 0 amide bonds. The van der Waals surface area contributed by atoms with Crippen molar-refractivity contribution in [2.24, 2.45) is 0 Å². The summed E-state index contributed by atoms with van der Waals surface area (Å²) in [7, 11) is 0. The number of halogens is 3. The zero-order valence-corrected chi connectivity index (χ0v) is 12.6. The van der Waals surface area contributed by atoms with Crippen molar-refractivity contribution >= 4 is 31.9 Å². The van der Waals surface area contributed by atoms with E-state index in [1.807, 2.05) is 0 Å². The van der Waals surface area contributed by atoms with Crippen molar-refractivity contribution in [3.05, 3.63) is 34.3 Å². The van der Waals surface area contributed by atoms with Gasteiger partial charge in [-0.2, -0.15) is 0 Å². The van der Waals surface area contributed by atoms with Crippen molar-refractivity contribution in [3.63, 3.8) is 0 Å². The van der Waals surface area contributed by atoms with Crippen LogP contribution in [0.5, 0.6) is 0 Å². The van der Waals surface area contributed by atoms with Gasteiger partial charge in [0.05, 0.1) is 9.80 Å². The maximum Gasteiger partial charge on any atom is 0.164 e. The first-order valence-electron chi connectivity index (χ1n) is 5.66. The van der Waals surface area contributed by atoms with Crippen LogP contribution in [0.2, 0.25) is 0 Å². The topological polar surface area (TPSA) is 30.7 Å². The molecule has 1 heterocycles. The molecule has 1 saturated carbocycles. The van der Waals surface area contributed by atoms with Crippen LogP contribution in [0.25, 0.3) is 11.4 Å². The molecule has 1 aromatic heterocycles. The molecule has 1 aromatic carbocycles. The summed E-state index contributed by atoms with van der Waals surface area (Å²) in [6, 6.07) is 5.42. The number of aromatic nitrogens is 3. The molecule has 0 N–H and O–H groups in total. The molecule has 1 aliphatic carbocycles. The molecule has 0 radical (unpaired) electrons. The Hall–Kier alpha value is -0.750. The Labute approximate surface area is 121 Å². The Kier molecular flexibility index (Phi) is 3.23. The molecule has 3 rings (SSSR count). The maximum absolute atomic E-state index is 13.3. The van der Waals surface area contributed by atoms with E-state index in [0.29, 0.717) is 15.8 Å². The van der Waals surface area contributed by atoms with Gasteiger partial charge < -0.3 is 4.57 Å². The van der Waals surface area contributed by atoms with Gasteiger partial charge in [-0.15, -0.1) is 10.2 Å². The number of alkyl halides is 1. The molecule has 3 nitrogen and oxygen atoms in total. The summed E-state index contributed by atoms with van der Waals surface area (Å²) in [4.78, 5) is 0. The van der Waals surface area contributed by atoms with Crippen LogP contribution < -0.4 is 0 Å². The molecule has 94 valence electrons. The summed E-state index contributed by atoms with van der Waals surface area (Å²) >= 11 is 6.63. The molecule has 0 unspecified atom stereocenters. The second-order valence-corrected chi connectivity index (χ2v) is 5.72. The number of hydrogen-bond donors (Lipinski definition) is 0. The van der Waals surface area contributed by atoms with Crippen molar-refractivity contribution in [2.45, 2.75) is 24.2 Å². The summed E-state index contributed by atoms with van der Waals surface area (Å²) in [5.74, 6) is 1.47. The average Bonchev–Trinajstić information content (AvgIpc) is 3.12. The second kappa shape index (κ2) is 4.74. The highest BCUT2D eigenvalue weighted by atomic mass is 79.9. The van der Waals surface area contributed by atoms with Crippen molar-refractivity contribution < 1.29 is 4.39 Å². The zero-order chi connectivity index (χ0) is 12.7. The lowest BCUT2D eigenvalue weighted by Crippen LogP contribution is -2.01. The van der Waals surface area contributed by atoms with Gasteiger partial charge >= 0.3 is 0 Å². The van der Waals surface area contributed by atoms with E-state index in [9.17, 15) is 4.39 Å². The molecule has 0 bridgehead atoms. The van der Waals surface area contributed by atoms with Crippen molar-refractivity contribution in [1.82, 2.24) is 14.8 Å². The van der Waals surface area contributed by atoms with Gasteiger partial charge in [-0.05, 0) is 47.0 Å². The normalized spacial score (nSPS) is 15.1. The molecule has 18 heavy (non-hydrogen) atoms. The lowest BCUT2D eigenvalue weighted by atomic mass is 10.2. The fourth-order valence-electron chi connectivity index (χ4n) is 1.96. The first kappa shape index (κ1) is 12.3. The van der Waals surface area contributed by atoms with Crippen molar-refractivity contribution in [2.75, 3.05) is 0 Å². The largest absolute Gasteiger partial charge is 0.307 e. The molecular formula is C12H10Br2FN3. The fraction of sp³-hybridized carbons (Fsp3) is 0.333. The number of hydrogen-bond acceptors (Lipinski definition) is 2. The molecule has 0 spiro atoms. The van der Waals surface area contributed by atoms with Crippen LogP contribution >= 0.6 is 31.9 Å². The van der Waals surface area contributed by atoms with E-state index in [1.165, 1.54) is 6.07 Å². The minimum Gasteiger partial charge on any atom is -0.307 e. The van der Waals surface area contributed by atoms with E-state index < -0.39 is 0 Å². The van der Waals surface area contributed by atoms with E-state index in [2.05, 4.69) is 46.6 Å². The van der Waals surface area contributed by atoms with E-state index >= 15 is 0 Å². The van der Waals surface area contributed by atoms with Gasteiger partial charge in [0.2, 0.25) is 0 Å². The van der Waals surface area contributed by atoms with Crippen molar-refractivity contribution in [1.29, 1.82) is 0 Å². The van der Waals surface area contributed by atoms with Crippen molar-refractivity contribution in [3.8, 4) is 11.4 Å². The smallest absolute Gasteiger partial charge is 0.164 e. The standard InChI is InChI=1S/C12H10Br2FN3/c13-6-11-16-17-12(18(11)8-2-3-8)7-1-4-10(15)9(14)5-7/h1,4-5,8H,2-3,6H2. The molecule has 1 fully saturated rings. The third kappa shape index (κ3) is 2.12. The monoisotopic (exact) mass is 373 g/mol. The zero-order valence-electron chi connectivity index (χ0n) is 9.41. The van der Waals surface area contributed by atoms with E-state index in [0.717, 1.165) is 30.1 Å². The maximum atomic E-state index is 13.3. The van der Waals surface area contributed by atoms with Crippen LogP contribution in [0.4, 0.5) is 4.39 Å². The highest BCUT2D eigenvalue weighted by Crippen LogP contribution is 2.39. The van der Waals surface area contributed by atoms with Crippen LogP contribution in [0.15, 0.2) is 22.7 Å². The summed E-state index contributed by atoms with van der Waals surface area (Å²) in [6.07, 6.45) is 2.32. The minimum absolute atomic E-state index is 0.267.